The number of pyridine rings is 1. The summed E-state index contributed by atoms with van der Waals surface area (Å²) in [5, 5.41) is 0.244. The maximum Gasteiger partial charge on any atom is 0.255 e. The van der Waals surface area contributed by atoms with Gasteiger partial charge in [-0.25, -0.2) is 12.7 Å². The van der Waals surface area contributed by atoms with Crippen LogP contribution in [-0.4, -0.2) is 48.7 Å². The van der Waals surface area contributed by atoms with Crippen LogP contribution >= 0.6 is 11.6 Å². The molecule has 1 aromatic heterocycles. The smallest absolute Gasteiger partial charge is 0.255 e. The van der Waals surface area contributed by atoms with Gasteiger partial charge in [-0.1, -0.05) is 11.6 Å². The SMILES string of the molecule is CN(C)S(=O)(=O)c1ccc(Cl)c(C(=O)N(Cc2ccncc2)C2CC2)c1. The number of nitrogens with zero attached hydrogens (tertiary/aromatic N) is 3. The summed E-state index contributed by atoms with van der Waals surface area (Å²) in [6.07, 6.45) is 5.23. The fourth-order valence-electron chi connectivity index (χ4n) is 2.63. The lowest BCUT2D eigenvalue weighted by Crippen LogP contribution is -2.33. The fourth-order valence-corrected chi connectivity index (χ4v) is 3.76. The molecule has 0 spiro atoms. The average Bonchev–Trinajstić information content (AvgIpc) is 3.45. The first kappa shape index (κ1) is 18.8. The van der Waals surface area contributed by atoms with Gasteiger partial charge in [-0.05, 0) is 48.7 Å². The monoisotopic (exact) mass is 393 g/mol. The molecular formula is C18H20ClN3O3S. The number of halogens is 1. The summed E-state index contributed by atoms with van der Waals surface area (Å²) in [5.74, 6) is -0.259. The van der Waals surface area contributed by atoms with Gasteiger partial charge in [0.2, 0.25) is 10.0 Å². The molecule has 1 aromatic carbocycles. The molecule has 26 heavy (non-hydrogen) atoms. The molecule has 0 atom stereocenters. The van der Waals surface area contributed by atoms with Gasteiger partial charge in [0.05, 0.1) is 15.5 Å². The van der Waals surface area contributed by atoms with Crippen LogP contribution in [0.2, 0.25) is 5.02 Å². The largest absolute Gasteiger partial charge is 0.331 e. The van der Waals surface area contributed by atoms with Gasteiger partial charge in [0.15, 0.2) is 0 Å². The topological polar surface area (TPSA) is 70.6 Å². The number of carbonyl (C=O) groups excluding carboxylic acids is 1. The number of hydrogen-bond donors (Lipinski definition) is 0. The Hall–Kier alpha value is -1.96. The predicted molar refractivity (Wildman–Crippen MR) is 99.5 cm³/mol. The Morgan fingerprint density at radius 1 is 1.19 bits per heavy atom. The Kier molecular flexibility index (Phi) is 5.32. The van der Waals surface area contributed by atoms with E-state index in [0.717, 1.165) is 22.7 Å². The van der Waals surface area contributed by atoms with Crippen molar-refractivity contribution in [2.45, 2.75) is 30.3 Å². The number of sulfonamides is 1. The summed E-state index contributed by atoms with van der Waals surface area (Å²) in [7, 11) is -0.744. The molecule has 0 aliphatic heterocycles. The third-order valence-corrected chi connectivity index (χ3v) is 6.44. The van der Waals surface area contributed by atoms with Crippen LogP contribution in [0.25, 0.3) is 0 Å². The first-order valence-electron chi connectivity index (χ1n) is 8.22. The highest BCUT2D eigenvalue weighted by atomic mass is 35.5. The second-order valence-electron chi connectivity index (χ2n) is 6.45. The van der Waals surface area contributed by atoms with Crippen molar-refractivity contribution in [3.63, 3.8) is 0 Å². The highest BCUT2D eigenvalue weighted by molar-refractivity contribution is 7.89. The molecule has 6 nitrogen and oxygen atoms in total. The molecular weight excluding hydrogens is 374 g/mol. The number of carbonyl (C=O) groups is 1. The molecule has 3 rings (SSSR count). The van der Waals surface area contributed by atoms with E-state index in [-0.39, 0.29) is 27.4 Å². The van der Waals surface area contributed by atoms with E-state index in [9.17, 15) is 13.2 Å². The van der Waals surface area contributed by atoms with Gasteiger partial charge in [0.25, 0.3) is 5.91 Å². The number of hydrogen-bond acceptors (Lipinski definition) is 4. The van der Waals surface area contributed by atoms with Crippen LogP contribution in [0.15, 0.2) is 47.6 Å². The number of amides is 1. The van der Waals surface area contributed by atoms with Crippen molar-refractivity contribution in [2.75, 3.05) is 14.1 Å². The second kappa shape index (κ2) is 7.34. The quantitative estimate of drug-likeness (QED) is 0.756. The molecule has 1 saturated carbocycles. The van der Waals surface area contributed by atoms with Crippen LogP contribution in [0.3, 0.4) is 0 Å². The van der Waals surface area contributed by atoms with Crippen LogP contribution < -0.4 is 0 Å². The van der Waals surface area contributed by atoms with Crippen LogP contribution in [-0.2, 0) is 16.6 Å². The minimum Gasteiger partial charge on any atom is -0.331 e. The molecule has 2 aromatic rings. The molecule has 1 amide bonds. The first-order chi connectivity index (χ1) is 12.3. The zero-order chi connectivity index (χ0) is 18.9. The fraction of sp³-hybridized carbons (Fsp3) is 0.333. The summed E-state index contributed by atoms with van der Waals surface area (Å²) < 4.78 is 25.9. The Bertz CT molecular complexity index is 913. The van der Waals surface area contributed by atoms with E-state index in [1.807, 2.05) is 12.1 Å². The molecule has 138 valence electrons. The van der Waals surface area contributed by atoms with E-state index in [0.29, 0.717) is 6.54 Å². The van der Waals surface area contributed by atoms with Gasteiger partial charge in [-0.3, -0.25) is 9.78 Å². The van der Waals surface area contributed by atoms with Crippen LogP contribution in [0.4, 0.5) is 0 Å². The summed E-state index contributed by atoms with van der Waals surface area (Å²) in [4.78, 5) is 18.9. The predicted octanol–water partition coefficient (Wildman–Crippen LogP) is 2.79. The minimum absolute atomic E-state index is 0.0508. The van der Waals surface area contributed by atoms with E-state index >= 15 is 0 Å². The third kappa shape index (κ3) is 3.90. The van der Waals surface area contributed by atoms with E-state index < -0.39 is 10.0 Å². The first-order valence-corrected chi connectivity index (χ1v) is 10.0. The summed E-state index contributed by atoms with van der Waals surface area (Å²) in [5.41, 5.74) is 1.17. The normalized spacial score (nSPS) is 14.5. The lowest BCUT2D eigenvalue weighted by molar-refractivity contribution is 0.0730. The molecule has 1 aliphatic rings. The van der Waals surface area contributed by atoms with Gasteiger partial charge >= 0.3 is 0 Å². The van der Waals surface area contributed by atoms with Gasteiger partial charge in [0.1, 0.15) is 0 Å². The van der Waals surface area contributed by atoms with Gasteiger partial charge in [-0.15, -0.1) is 0 Å². The van der Waals surface area contributed by atoms with Gasteiger partial charge < -0.3 is 4.90 Å². The molecule has 1 aliphatic carbocycles. The standard InChI is InChI=1S/C18H20ClN3O3S/c1-21(2)26(24,25)15-5-6-17(19)16(11-15)18(23)22(14-3-4-14)12-13-7-9-20-10-8-13/h5-11,14H,3-4,12H2,1-2H3. The van der Waals surface area contributed by atoms with E-state index in [2.05, 4.69) is 4.98 Å². The third-order valence-electron chi connectivity index (χ3n) is 4.30. The zero-order valence-corrected chi connectivity index (χ0v) is 16.2. The van der Waals surface area contributed by atoms with Crippen molar-refractivity contribution >= 4 is 27.5 Å². The van der Waals surface area contributed by atoms with E-state index in [1.54, 1.807) is 17.3 Å². The highest BCUT2D eigenvalue weighted by Crippen LogP contribution is 2.32. The zero-order valence-electron chi connectivity index (χ0n) is 14.6. The van der Waals surface area contributed by atoms with Crippen LogP contribution in [0.1, 0.15) is 28.8 Å². The molecule has 0 bridgehead atoms. The Morgan fingerprint density at radius 3 is 2.42 bits per heavy atom. The molecule has 0 radical (unpaired) electrons. The highest BCUT2D eigenvalue weighted by Gasteiger charge is 2.34. The number of aromatic nitrogens is 1. The summed E-state index contributed by atoms with van der Waals surface area (Å²) in [6.45, 7) is 0.438. The number of benzene rings is 1. The van der Waals surface area contributed by atoms with Crippen molar-refractivity contribution < 1.29 is 13.2 Å². The molecule has 8 heteroatoms. The average molecular weight is 394 g/mol. The summed E-state index contributed by atoms with van der Waals surface area (Å²) >= 11 is 6.23. The van der Waals surface area contributed by atoms with Crippen LogP contribution in [0, 0.1) is 0 Å². The molecule has 1 heterocycles. The van der Waals surface area contributed by atoms with Crippen molar-refractivity contribution in [2.24, 2.45) is 0 Å². The van der Waals surface area contributed by atoms with E-state index in [1.165, 1.54) is 32.3 Å². The Labute approximate surface area is 158 Å². The Morgan fingerprint density at radius 2 is 1.85 bits per heavy atom. The molecule has 0 saturated heterocycles. The van der Waals surface area contributed by atoms with Gasteiger partial charge in [-0.2, -0.15) is 0 Å². The van der Waals surface area contributed by atoms with Gasteiger partial charge in [0, 0.05) is 39.1 Å². The number of rotatable bonds is 6. The van der Waals surface area contributed by atoms with Crippen molar-refractivity contribution in [1.29, 1.82) is 0 Å². The molecule has 1 fully saturated rings. The Balaban J connectivity index is 1.94. The maximum absolute atomic E-state index is 13.1. The lowest BCUT2D eigenvalue weighted by atomic mass is 10.1. The minimum atomic E-state index is -3.64. The van der Waals surface area contributed by atoms with Crippen molar-refractivity contribution in [3.8, 4) is 0 Å². The summed E-state index contributed by atoms with van der Waals surface area (Å²) in [6, 6.07) is 8.11. The van der Waals surface area contributed by atoms with Crippen LogP contribution in [0.5, 0.6) is 0 Å². The van der Waals surface area contributed by atoms with Crippen molar-refractivity contribution in [1.82, 2.24) is 14.2 Å². The maximum atomic E-state index is 13.1. The van der Waals surface area contributed by atoms with Crippen molar-refractivity contribution in [3.05, 3.63) is 58.9 Å². The molecule has 0 unspecified atom stereocenters. The second-order valence-corrected chi connectivity index (χ2v) is 9.01. The molecule has 0 N–H and O–H groups in total. The lowest BCUT2D eigenvalue weighted by Gasteiger charge is -2.23. The van der Waals surface area contributed by atoms with E-state index in [4.69, 9.17) is 11.6 Å².